The van der Waals surface area contributed by atoms with Crippen molar-refractivity contribution in [3.63, 3.8) is 0 Å². The second kappa shape index (κ2) is 9.23. The molecule has 0 saturated carbocycles. The van der Waals surface area contributed by atoms with Crippen LogP contribution >= 0.6 is 0 Å². The molecule has 1 atom stereocenters. The Kier molecular flexibility index (Phi) is 6.70. The van der Waals surface area contributed by atoms with Crippen LogP contribution in [0, 0.1) is 0 Å². The Morgan fingerprint density at radius 2 is 1.79 bits per heavy atom. The maximum absolute atomic E-state index is 12.3. The average Bonchev–Trinajstić information content (AvgIpc) is 3.10. The molecule has 0 radical (unpaired) electrons. The predicted octanol–water partition coefficient (Wildman–Crippen LogP) is 1.27. The third kappa shape index (κ3) is 5.67. The fourth-order valence-electron chi connectivity index (χ4n) is 2.90. The molecule has 2 aromatic carbocycles. The second-order valence-corrected chi connectivity index (χ2v) is 8.47. The van der Waals surface area contributed by atoms with Crippen molar-refractivity contribution < 1.29 is 32.3 Å². The Bertz CT molecular complexity index is 1070. The Labute approximate surface area is 168 Å². The number of carbonyl (C=O) groups is 1. The van der Waals surface area contributed by atoms with Crippen molar-refractivity contribution in [2.75, 3.05) is 5.75 Å². The van der Waals surface area contributed by atoms with Crippen molar-refractivity contribution in [1.29, 1.82) is 0 Å². The lowest BCUT2D eigenvalue weighted by Gasteiger charge is -2.19. The predicted molar refractivity (Wildman–Crippen MR) is 106 cm³/mol. The first-order valence-electron chi connectivity index (χ1n) is 8.89. The van der Waals surface area contributed by atoms with E-state index in [1.165, 1.54) is 18.4 Å². The molecule has 0 aliphatic carbocycles. The van der Waals surface area contributed by atoms with Gasteiger partial charge in [-0.2, -0.15) is 0 Å². The summed E-state index contributed by atoms with van der Waals surface area (Å²) in [6.45, 7) is 0. The van der Waals surface area contributed by atoms with Gasteiger partial charge in [0.15, 0.2) is 9.84 Å². The summed E-state index contributed by atoms with van der Waals surface area (Å²) in [7, 11) is -5.71. The smallest absolute Gasteiger partial charge is 0.464 e. The van der Waals surface area contributed by atoms with Crippen molar-refractivity contribution in [3.8, 4) is 0 Å². The second-order valence-electron chi connectivity index (χ2n) is 6.36. The third-order valence-corrected chi connectivity index (χ3v) is 6.01. The van der Waals surface area contributed by atoms with Gasteiger partial charge in [-0.05, 0) is 18.2 Å². The molecular formula is C19H20BNO7S. The molecule has 0 fully saturated rings. The number of furan rings is 1. The van der Waals surface area contributed by atoms with Gasteiger partial charge in [0.25, 0.3) is 0 Å². The van der Waals surface area contributed by atoms with Gasteiger partial charge in [0.1, 0.15) is 11.8 Å². The normalized spacial score (nSPS) is 12.6. The Morgan fingerprint density at radius 3 is 2.52 bits per heavy atom. The van der Waals surface area contributed by atoms with Gasteiger partial charge in [0.05, 0.1) is 16.9 Å². The molecule has 0 aliphatic heterocycles. The van der Waals surface area contributed by atoms with Crippen LogP contribution in [-0.4, -0.2) is 43.7 Å². The topological polar surface area (TPSA) is 126 Å². The van der Waals surface area contributed by atoms with Crippen molar-refractivity contribution in [2.24, 2.45) is 0 Å². The summed E-state index contributed by atoms with van der Waals surface area (Å²) in [4.78, 5) is 12.4. The molecule has 29 heavy (non-hydrogen) atoms. The lowest BCUT2D eigenvalue weighted by atomic mass is 10.1. The number of fused-ring (bicyclic) bond motifs is 1. The highest BCUT2D eigenvalue weighted by atomic mass is 32.2. The number of amides is 1. The molecule has 1 amide bonds. The van der Waals surface area contributed by atoms with Crippen LogP contribution in [0.5, 0.6) is 0 Å². The van der Waals surface area contributed by atoms with E-state index in [0.717, 1.165) is 5.39 Å². The van der Waals surface area contributed by atoms with Gasteiger partial charge in [0.2, 0.25) is 5.91 Å². The summed E-state index contributed by atoms with van der Waals surface area (Å²) in [5, 5.41) is 21.6. The minimum Gasteiger partial charge on any atom is -0.464 e. The lowest BCUT2D eigenvalue weighted by molar-refractivity contribution is -0.123. The first-order valence-corrected chi connectivity index (χ1v) is 10.5. The maximum atomic E-state index is 12.3. The summed E-state index contributed by atoms with van der Waals surface area (Å²) in [5.74, 6) is -0.978. The number of nitrogens with one attached hydrogen (secondary N) is 1. The van der Waals surface area contributed by atoms with Crippen LogP contribution in [0.4, 0.5) is 0 Å². The highest BCUT2D eigenvalue weighted by Gasteiger charge is 2.23. The third-order valence-electron chi connectivity index (χ3n) is 4.27. The highest BCUT2D eigenvalue weighted by molar-refractivity contribution is 7.91. The average molecular weight is 417 g/mol. The molecule has 10 heteroatoms. The molecule has 0 unspecified atom stereocenters. The molecule has 0 saturated heterocycles. The van der Waals surface area contributed by atoms with Gasteiger partial charge in [-0.3, -0.25) is 4.79 Å². The number of para-hydroxylation sites is 1. The minimum atomic E-state index is -3.61. The first kappa shape index (κ1) is 21.1. The number of hydrogen-bond acceptors (Lipinski definition) is 7. The zero-order valence-corrected chi connectivity index (χ0v) is 16.2. The molecule has 1 aromatic heterocycles. The Hall–Kier alpha value is -2.66. The van der Waals surface area contributed by atoms with Crippen molar-refractivity contribution >= 4 is 34.0 Å². The lowest BCUT2D eigenvalue weighted by Crippen LogP contribution is -2.42. The summed E-state index contributed by atoms with van der Waals surface area (Å²) >= 11 is 0. The van der Waals surface area contributed by atoms with E-state index in [9.17, 15) is 13.2 Å². The van der Waals surface area contributed by atoms with E-state index in [-0.39, 0.29) is 23.5 Å². The SMILES string of the molecule is O=C(CCS(=O)(=O)c1ccccc1)N[C@@H](Cc1coc2ccccc12)OB(O)O. The maximum Gasteiger partial charge on any atom is 0.635 e. The quantitative estimate of drug-likeness (QED) is 0.354. The number of hydrogen-bond donors (Lipinski definition) is 3. The summed E-state index contributed by atoms with van der Waals surface area (Å²) in [6.07, 6.45) is 0.218. The van der Waals surface area contributed by atoms with Crippen molar-refractivity contribution in [3.05, 3.63) is 66.4 Å². The number of rotatable bonds is 9. The molecule has 3 N–H and O–H groups in total. The van der Waals surface area contributed by atoms with E-state index < -0.39 is 29.3 Å². The summed E-state index contributed by atoms with van der Waals surface area (Å²) in [6, 6.07) is 15.1. The van der Waals surface area contributed by atoms with Crippen LogP contribution < -0.4 is 5.32 Å². The van der Waals surface area contributed by atoms with Gasteiger partial charge in [-0.25, -0.2) is 8.42 Å². The zero-order chi connectivity index (χ0) is 20.9. The molecule has 0 bridgehead atoms. The van der Waals surface area contributed by atoms with Gasteiger partial charge in [-0.15, -0.1) is 0 Å². The van der Waals surface area contributed by atoms with Crippen LogP contribution in [0.1, 0.15) is 12.0 Å². The molecule has 152 valence electrons. The van der Waals surface area contributed by atoms with Gasteiger partial charge < -0.3 is 24.4 Å². The van der Waals surface area contributed by atoms with Gasteiger partial charge >= 0.3 is 7.32 Å². The first-order chi connectivity index (χ1) is 13.8. The molecule has 0 aliphatic rings. The number of carbonyl (C=O) groups excluding carboxylic acids is 1. The van der Waals surface area contributed by atoms with E-state index in [0.29, 0.717) is 11.1 Å². The monoisotopic (exact) mass is 417 g/mol. The summed E-state index contributed by atoms with van der Waals surface area (Å²) in [5.41, 5.74) is 1.34. The Balaban J connectivity index is 1.64. The van der Waals surface area contributed by atoms with Crippen LogP contribution in [0.3, 0.4) is 0 Å². The highest BCUT2D eigenvalue weighted by Crippen LogP contribution is 2.22. The molecule has 3 rings (SSSR count). The molecule has 8 nitrogen and oxygen atoms in total. The number of benzene rings is 2. The number of sulfone groups is 1. The van der Waals surface area contributed by atoms with E-state index >= 15 is 0 Å². The standard InChI is InChI=1S/C19H20BNO7S/c22-18(10-11-29(25,26)15-6-2-1-3-7-15)21-19(28-20(23)24)12-14-13-27-17-9-5-4-8-16(14)17/h1-9,13,19,23-24H,10-12H2,(H,21,22)/t19-/m1/s1. The van der Waals surface area contributed by atoms with Crippen LogP contribution in [0.15, 0.2) is 70.2 Å². The summed E-state index contributed by atoms with van der Waals surface area (Å²) < 4.78 is 35.0. The zero-order valence-electron chi connectivity index (χ0n) is 15.4. The Morgan fingerprint density at radius 1 is 1.10 bits per heavy atom. The van der Waals surface area contributed by atoms with E-state index in [1.807, 2.05) is 18.2 Å². The fraction of sp³-hybridized carbons (Fsp3) is 0.211. The van der Waals surface area contributed by atoms with Gasteiger partial charge in [-0.1, -0.05) is 36.4 Å². The minimum absolute atomic E-state index is 0.103. The fourth-order valence-corrected chi connectivity index (χ4v) is 4.16. The molecule has 3 aromatic rings. The molecule has 1 heterocycles. The molecular weight excluding hydrogens is 397 g/mol. The van der Waals surface area contributed by atoms with E-state index in [1.54, 1.807) is 24.3 Å². The largest absolute Gasteiger partial charge is 0.635 e. The van der Waals surface area contributed by atoms with Crippen molar-refractivity contribution in [2.45, 2.75) is 24.0 Å². The van der Waals surface area contributed by atoms with Crippen molar-refractivity contribution in [1.82, 2.24) is 5.32 Å². The van der Waals surface area contributed by atoms with Crippen LogP contribution in [0.25, 0.3) is 11.0 Å². The van der Waals surface area contributed by atoms with Gasteiger partial charge in [0, 0.05) is 23.8 Å². The molecule has 0 spiro atoms. The van der Waals surface area contributed by atoms with Crippen LogP contribution in [0.2, 0.25) is 0 Å². The van der Waals surface area contributed by atoms with Crippen LogP contribution in [-0.2, 0) is 25.7 Å². The van der Waals surface area contributed by atoms with E-state index in [2.05, 4.69) is 5.32 Å². The van der Waals surface area contributed by atoms with E-state index in [4.69, 9.17) is 19.1 Å².